The van der Waals surface area contributed by atoms with Gasteiger partial charge in [0.2, 0.25) is 0 Å². The van der Waals surface area contributed by atoms with E-state index in [4.69, 9.17) is 4.74 Å². The standard InChI is InChI=1S/C24H32BrN3O2/c1-15(2)26-8-6-19(7-9-26)30-23-11-18-10-22-24(29)27(14-17-4-5-17)13-16(3)28(22)21(18)12-20(23)25/h10-12,15-17,19H,4-9,13-14H2,1-3H3/t16-/m1/s1. The van der Waals surface area contributed by atoms with Crippen LogP contribution in [-0.4, -0.2) is 58.6 Å². The van der Waals surface area contributed by atoms with E-state index in [1.807, 2.05) is 0 Å². The molecule has 0 N–H and O–H groups in total. The predicted molar refractivity (Wildman–Crippen MR) is 123 cm³/mol. The molecule has 6 heteroatoms. The highest BCUT2D eigenvalue weighted by atomic mass is 79.9. The first-order valence-corrected chi connectivity index (χ1v) is 12.2. The van der Waals surface area contributed by atoms with Crippen LogP contribution in [0.3, 0.4) is 0 Å². The molecule has 1 aliphatic carbocycles. The Kier molecular flexibility index (Phi) is 5.34. The maximum absolute atomic E-state index is 13.1. The highest BCUT2D eigenvalue weighted by molar-refractivity contribution is 9.10. The van der Waals surface area contributed by atoms with Crippen LogP contribution in [0, 0.1) is 5.92 Å². The van der Waals surface area contributed by atoms with Crippen molar-refractivity contribution >= 4 is 32.7 Å². The van der Waals surface area contributed by atoms with Crippen molar-refractivity contribution in [2.24, 2.45) is 5.92 Å². The fourth-order valence-corrected chi connectivity index (χ4v) is 5.49. The lowest BCUT2D eigenvalue weighted by atomic mass is 10.1. The fourth-order valence-electron chi connectivity index (χ4n) is 5.06. The second kappa shape index (κ2) is 7.86. The van der Waals surface area contributed by atoms with Crippen LogP contribution in [0.15, 0.2) is 22.7 Å². The number of likely N-dealkylation sites (tertiary alicyclic amines) is 1. The summed E-state index contributed by atoms with van der Waals surface area (Å²) in [6.07, 6.45) is 4.90. The lowest BCUT2D eigenvalue weighted by Gasteiger charge is -2.34. The minimum atomic E-state index is 0.177. The number of carbonyl (C=O) groups is 1. The molecule has 1 atom stereocenters. The lowest BCUT2D eigenvalue weighted by Crippen LogP contribution is -2.42. The van der Waals surface area contributed by atoms with Gasteiger partial charge in [0.1, 0.15) is 17.5 Å². The zero-order valence-corrected chi connectivity index (χ0v) is 19.8. The van der Waals surface area contributed by atoms with E-state index in [0.29, 0.717) is 12.0 Å². The summed E-state index contributed by atoms with van der Waals surface area (Å²) < 4.78 is 9.61. The monoisotopic (exact) mass is 473 g/mol. The van der Waals surface area contributed by atoms with Crippen LogP contribution in [0.2, 0.25) is 0 Å². The van der Waals surface area contributed by atoms with Crippen molar-refractivity contribution < 1.29 is 9.53 Å². The molecule has 5 nitrogen and oxygen atoms in total. The van der Waals surface area contributed by atoms with Gasteiger partial charge in [0, 0.05) is 43.6 Å². The number of aromatic nitrogens is 1. The van der Waals surface area contributed by atoms with Crippen molar-refractivity contribution in [1.82, 2.24) is 14.4 Å². The van der Waals surface area contributed by atoms with E-state index in [1.165, 1.54) is 12.8 Å². The summed E-state index contributed by atoms with van der Waals surface area (Å²) in [5, 5.41) is 1.09. The Morgan fingerprint density at radius 1 is 1.13 bits per heavy atom. The van der Waals surface area contributed by atoms with Crippen LogP contribution >= 0.6 is 15.9 Å². The van der Waals surface area contributed by atoms with Gasteiger partial charge in [0.15, 0.2) is 0 Å². The number of benzene rings is 1. The SMILES string of the molecule is CC(C)N1CCC(Oc2cc3cc4n(c3cc2Br)[C@H](C)CN(CC2CC2)C4=O)CC1. The predicted octanol–water partition coefficient (Wildman–Crippen LogP) is 5.08. The summed E-state index contributed by atoms with van der Waals surface area (Å²) in [4.78, 5) is 17.7. The summed E-state index contributed by atoms with van der Waals surface area (Å²) in [7, 11) is 0. The summed E-state index contributed by atoms with van der Waals surface area (Å²) >= 11 is 3.74. The van der Waals surface area contributed by atoms with E-state index in [1.54, 1.807) is 0 Å². The molecule has 1 amide bonds. The van der Waals surface area contributed by atoms with Gasteiger partial charge in [0.25, 0.3) is 5.91 Å². The molecule has 2 aromatic rings. The third-order valence-corrected chi connectivity index (χ3v) is 7.62. The van der Waals surface area contributed by atoms with E-state index in [2.05, 4.69) is 69.3 Å². The van der Waals surface area contributed by atoms with Crippen molar-refractivity contribution in [3.05, 3.63) is 28.4 Å². The number of hydrogen-bond acceptors (Lipinski definition) is 3. The minimum Gasteiger partial charge on any atom is -0.489 e. The molecule has 5 rings (SSSR count). The highest BCUT2D eigenvalue weighted by Crippen LogP contribution is 2.38. The van der Waals surface area contributed by atoms with E-state index >= 15 is 0 Å². The smallest absolute Gasteiger partial charge is 0.270 e. The number of ether oxygens (including phenoxy) is 1. The summed E-state index contributed by atoms with van der Waals surface area (Å²) in [5.74, 6) is 1.78. The second-order valence-corrected chi connectivity index (χ2v) is 10.5. The van der Waals surface area contributed by atoms with Crippen molar-refractivity contribution in [1.29, 1.82) is 0 Å². The molecule has 0 spiro atoms. The molecule has 3 heterocycles. The van der Waals surface area contributed by atoms with Crippen LogP contribution in [0.1, 0.15) is 63.0 Å². The van der Waals surface area contributed by atoms with E-state index in [-0.39, 0.29) is 18.1 Å². The van der Waals surface area contributed by atoms with Crippen molar-refractivity contribution in [2.75, 3.05) is 26.2 Å². The first-order valence-electron chi connectivity index (χ1n) is 11.4. The Morgan fingerprint density at radius 3 is 2.53 bits per heavy atom. The molecular formula is C24H32BrN3O2. The largest absolute Gasteiger partial charge is 0.489 e. The maximum atomic E-state index is 13.1. The van der Waals surface area contributed by atoms with Crippen LogP contribution in [0.4, 0.5) is 0 Å². The molecule has 2 fully saturated rings. The Labute approximate surface area is 187 Å². The lowest BCUT2D eigenvalue weighted by molar-refractivity contribution is 0.0670. The van der Waals surface area contributed by atoms with Gasteiger partial charge in [-0.3, -0.25) is 4.79 Å². The summed E-state index contributed by atoms with van der Waals surface area (Å²) in [5.41, 5.74) is 1.93. The summed E-state index contributed by atoms with van der Waals surface area (Å²) in [6.45, 7) is 10.6. The van der Waals surface area contributed by atoms with Gasteiger partial charge in [-0.1, -0.05) is 0 Å². The third kappa shape index (κ3) is 3.77. The second-order valence-electron chi connectivity index (χ2n) is 9.69. The molecule has 0 unspecified atom stereocenters. The number of rotatable bonds is 5. The van der Waals surface area contributed by atoms with Gasteiger partial charge in [-0.25, -0.2) is 0 Å². The van der Waals surface area contributed by atoms with Gasteiger partial charge in [0.05, 0.1) is 9.99 Å². The van der Waals surface area contributed by atoms with Gasteiger partial charge in [-0.05, 0) is 86.5 Å². The van der Waals surface area contributed by atoms with Crippen molar-refractivity contribution in [3.63, 3.8) is 0 Å². The average molecular weight is 474 g/mol. The molecule has 162 valence electrons. The van der Waals surface area contributed by atoms with Crippen LogP contribution in [0.25, 0.3) is 10.9 Å². The van der Waals surface area contributed by atoms with E-state index in [0.717, 1.165) is 65.8 Å². The number of carbonyl (C=O) groups excluding carboxylic acids is 1. The Hall–Kier alpha value is -1.53. The highest BCUT2D eigenvalue weighted by Gasteiger charge is 2.34. The quantitative estimate of drug-likeness (QED) is 0.607. The Morgan fingerprint density at radius 2 is 1.87 bits per heavy atom. The Bertz CT molecular complexity index is 957. The maximum Gasteiger partial charge on any atom is 0.270 e. The van der Waals surface area contributed by atoms with Crippen LogP contribution < -0.4 is 4.74 Å². The van der Waals surface area contributed by atoms with Crippen LogP contribution in [-0.2, 0) is 0 Å². The molecule has 1 saturated carbocycles. The Balaban J connectivity index is 1.39. The number of hydrogen-bond donors (Lipinski definition) is 0. The molecule has 3 aliphatic rings. The molecule has 30 heavy (non-hydrogen) atoms. The molecule has 1 aromatic heterocycles. The zero-order chi connectivity index (χ0) is 21.0. The summed E-state index contributed by atoms with van der Waals surface area (Å²) in [6, 6.07) is 7.20. The zero-order valence-electron chi connectivity index (χ0n) is 18.2. The molecule has 2 aliphatic heterocycles. The van der Waals surface area contributed by atoms with Crippen molar-refractivity contribution in [3.8, 4) is 5.75 Å². The first-order chi connectivity index (χ1) is 14.4. The number of fused-ring (bicyclic) bond motifs is 3. The fraction of sp³-hybridized carbons (Fsp3) is 0.625. The number of amides is 1. The number of halogens is 1. The van der Waals surface area contributed by atoms with E-state index < -0.39 is 0 Å². The van der Waals surface area contributed by atoms with Gasteiger partial charge in [-0.2, -0.15) is 0 Å². The van der Waals surface area contributed by atoms with Crippen LogP contribution in [0.5, 0.6) is 5.75 Å². The molecule has 1 aromatic carbocycles. The van der Waals surface area contributed by atoms with Gasteiger partial charge < -0.3 is 19.1 Å². The normalized spacial score (nSPS) is 23.4. The number of piperidine rings is 1. The molecule has 1 saturated heterocycles. The first kappa shape index (κ1) is 20.4. The van der Waals surface area contributed by atoms with Gasteiger partial charge >= 0.3 is 0 Å². The van der Waals surface area contributed by atoms with Gasteiger partial charge in [-0.15, -0.1) is 0 Å². The minimum absolute atomic E-state index is 0.177. The number of nitrogens with zero attached hydrogens (tertiary/aromatic N) is 3. The molecule has 0 bridgehead atoms. The van der Waals surface area contributed by atoms with Crippen molar-refractivity contribution in [2.45, 2.75) is 64.6 Å². The van der Waals surface area contributed by atoms with E-state index in [9.17, 15) is 4.79 Å². The average Bonchev–Trinajstić information content (AvgIpc) is 3.45. The molecular weight excluding hydrogens is 442 g/mol. The third-order valence-electron chi connectivity index (χ3n) is 7.00. The molecule has 0 radical (unpaired) electrons. The topological polar surface area (TPSA) is 37.7 Å².